The Hall–Kier alpha value is -1.26. The van der Waals surface area contributed by atoms with Crippen LogP contribution in [0.3, 0.4) is 0 Å². The fraction of sp³-hybridized carbons (Fsp3) is 0.400. The third kappa shape index (κ3) is 3.64. The van der Waals surface area contributed by atoms with E-state index in [-0.39, 0.29) is 0 Å². The highest BCUT2D eigenvalue weighted by Crippen LogP contribution is 1.97. The number of carbonyl (C=O) groups excluding carboxylic acids is 1. The van der Waals surface area contributed by atoms with E-state index in [1.807, 2.05) is 13.1 Å². The van der Waals surface area contributed by atoms with Gasteiger partial charge in [-0.1, -0.05) is 6.07 Å². The van der Waals surface area contributed by atoms with Crippen LogP contribution in [0.5, 0.6) is 0 Å². The van der Waals surface area contributed by atoms with Gasteiger partial charge in [0, 0.05) is 25.8 Å². The van der Waals surface area contributed by atoms with E-state index in [0.29, 0.717) is 5.69 Å². The quantitative estimate of drug-likeness (QED) is 0.500. The molecule has 0 bridgehead atoms. The Balaban J connectivity index is 2.32. The van der Waals surface area contributed by atoms with E-state index in [2.05, 4.69) is 15.6 Å². The number of likely N-dealkylation sites (N-methyl/N-ethyl adjacent to an activating group) is 1. The molecule has 1 rings (SSSR count). The fourth-order valence-corrected chi connectivity index (χ4v) is 1.06. The molecule has 1 heterocycles. The number of nitrogens with one attached hydrogen (secondary N) is 2. The Kier molecular flexibility index (Phi) is 4.82. The summed E-state index contributed by atoms with van der Waals surface area (Å²) in [4.78, 5) is 14.3. The molecule has 1 aromatic rings. The number of hydrogen-bond acceptors (Lipinski definition) is 4. The lowest BCUT2D eigenvalue weighted by Crippen LogP contribution is -2.24. The number of hydrogen-bond donors (Lipinski definition) is 2. The van der Waals surface area contributed by atoms with Crippen LogP contribution in [0.1, 0.15) is 16.1 Å². The van der Waals surface area contributed by atoms with E-state index >= 15 is 0 Å². The first-order valence-corrected chi connectivity index (χ1v) is 4.62. The van der Waals surface area contributed by atoms with Crippen molar-refractivity contribution < 1.29 is 4.79 Å². The summed E-state index contributed by atoms with van der Waals surface area (Å²) in [5, 5.41) is 6.30. The highest BCUT2D eigenvalue weighted by molar-refractivity contribution is 5.71. The molecule has 0 aliphatic heterocycles. The summed E-state index contributed by atoms with van der Waals surface area (Å²) in [6.07, 6.45) is 2.47. The van der Waals surface area contributed by atoms with Crippen molar-refractivity contribution in [3.63, 3.8) is 0 Å². The number of carbonyl (C=O) groups is 1. The smallest absolute Gasteiger partial charge is 0.168 e. The summed E-state index contributed by atoms with van der Waals surface area (Å²) in [7, 11) is 1.92. The summed E-state index contributed by atoms with van der Waals surface area (Å²) in [6.45, 7) is 2.65. The zero-order chi connectivity index (χ0) is 10.2. The Morgan fingerprint density at radius 3 is 2.86 bits per heavy atom. The van der Waals surface area contributed by atoms with Crippen LogP contribution in [-0.4, -0.2) is 31.4 Å². The van der Waals surface area contributed by atoms with Crippen LogP contribution < -0.4 is 10.6 Å². The van der Waals surface area contributed by atoms with E-state index < -0.39 is 0 Å². The molecule has 4 nitrogen and oxygen atoms in total. The SMILES string of the molecule is CNCCNCc1ccc(C=O)nc1. The van der Waals surface area contributed by atoms with E-state index in [1.54, 1.807) is 12.3 Å². The second-order valence-electron chi connectivity index (χ2n) is 2.99. The van der Waals surface area contributed by atoms with E-state index in [1.165, 1.54) is 0 Å². The standard InChI is InChI=1S/C10H15N3O/c1-11-4-5-12-6-9-2-3-10(8-14)13-7-9/h2-3,7-8,11-12H,4-6H2,1H3. The highest BCUT2D eigenvalue weighted by Gasteiger charge is 1.93. The third-order valence-corrected chi connectivity index (χ3v) is 1.85. The van der Waals surface area contributed by atoms with Crippen molar-refractivity contribution in [3.8, 4) is 0 Å². The van der Waals surface area contributed by atoms with Crippen LogP contribution in [-0.2, 0) is 6.54 Å². The van der Waals surface area contributed by atoms with Crippen molar-refractivity contribution in [1.29, 1.82) is 0 Å². The molecule has 0 aliphatic carbocycles. The van der Waals surface area contributed by atoms with Crippen molar-refractivity contribution in [2.75, 3.05) is 20.1 Å². The van der Waals surface area contributed by atoms with Gasteiger partial charge in [-0.15, -0.1) is 0 Å². The molecular weight excluding hydrogens is 178 g/mol. The number of aldehydes is 1. The van der Waals surface area contributed by atoms with Crippen molar-refractivity contribution in [2.45, 2.75) is 6.54 Å². The molecule has 4 heteroatoms. The predicted molar refractivity (Wildman–Crippen MR) is 55.3 cm³/mol. The summed E-state index contributed by atoms with van der Waals surface area (Å²) in [5.41, 5.74) is 1.57. The fourth-order valence-electron chi connectivity index (χ4n) is 1.06. The number of pyridine rings is 1. The molecule has 0 saturated carbocycles. The van der Waals surface area contributed by atoms with Gasteiger partial charge in [-0.25, -0.2) is 0 Å². The van der Waals surface area contributed by atoms with Gasteiger partial charge in [0.15, 0.2) is 6.29 Å². The molecule has 0 spiro atoms. The molecule has 0 aromatic carbocycles. The second-order valence-corrected chi connectivity index (χ2v) is 2.99. The van der Waals surface area contributed by atoms with Gasteiger partial charge >= 0.3 is 0 Å². The maximum atomic E-state index is 10.3. The van der Waals surface area contributed by atoms with Crippen LogP contribution in [0.2, 0.25) is 0 Å². The van der Waals surface area contributed by atoms with Crippen LogP contribution in [0.4, 0.5) is 0 Å². The van der Waals surface area contributed by atoms with Crippen LogP contribution in [0.15, 0.2) is 18.3 Å². The van der Waals surface area contributed by atoms with Gasteiger partial charge in [-0.2, -0.15) is 0 Å². The molecule has 76 valence electrons. The Labute approximate surface area is 83.7 Å². The first kappa shape index (κ1) is 10.8. The molecule has 14 heavy (non-hydrogen) atoms. The topological polar surface area (TPSA) is 54.0 Å². The van der Waals surface area contributed by atoms with Crippen molar-refractivity contribution in [2.24, 2.45) is 0 Å². The number of aromatic nitrogens is 1. The minimum Gasteiger partial charge on any atom is -0.318 e. The van der Waals surface area contributed by atoms with Crippen molar-refractivity contribution in [3.05, 3.63) is 29.6 Å². The maximum absolute atomic E-state index is 10.3. The molecule has 0 atom stereocenters. The van der Waals surface area contributed by atoms with Gasteiger partial charge in [0.05, 0.1) is 0 Å². The summed E-state index contributed by atoms with van der Waals surface area (Å²) < 4.78 is 0. The molecule has 0 aliphatic rings. The summed E-state index contributed by atoms with van der Waals surface area (Å²) in [6, 6.07) is 3.63. The van der Waals surface area contributed by atoms with Crippen molar-refractivity contribution >= 4 is 6.29 Å². The highest BCUT2D eigenvalue weighted by atomic mass is 16.1. The maximum Gasteiger partial charge on any atom is 0.168 e. The monoisotopic (exact) mass is 193 g/mol. The number of nitrogens with zero attached hydrogens (tertiary/aromatic N) is 1. The average molecular weight is 193 g/mol. The molecule has 2 N–H and O–H groups in total. The van der Waals surface area contributed by atoms with E-state index in [9.17, 15) is 4.79 Å². The molecular formula is C10H15N3O. The Bertz CT molecular complexity index is 271. The number of rotatable bonds is 6. The van der Waals surface area contributed by atoms with Gasteiger partial charge in [0.2, 0.25) is 0 Å². The molecule has 0 amide bonds. The lowest BCUT2D eigenvalue weighted by molar-refractivity contribution is 0.111. The molecule has 1 aromatic heterocycles. The molecule has 0 saturated heterocycles. The van der Waals surface area contributed by atoms with Gasteiger partial charge in [-0.3, -0.25) is 9.78 Å². The van der Waals surface area contributed by atoms with Crippen molar-refractivity contribution in [1.82, 2.24) is 15.6 Å². The van der Waals surface area contributed by atoms with Gasteiger partial charge in [0.1, 0.15) is 5.69 Å². The Morgan fingerprint density at radius 2 is 2.29 bits per heavy atom. The minimum absolute atomic E-state index is 0.476. The lowest BCUT2D eigenvalue weighted by atomic mass is 10.2. The normalized spacial score (nSPS) is 10.1. The first-order valence-electron chi connectivity index (χ1n) is 4.62. The zero-order valence-electron chi connectivity index (χ0n) is 8.29. The third-order valence-electron chi connectivity index (χ3n) is 1.85. The zero-order valence-corrected chi connectivity index (χ0v) is 8.29. The molecule has 0 radical (unpaired) electrons. The van der Waals surface area contributed by atoms with E-state index in [4.69, 9.17) is 0 Å². The average Bonchev–Trinajstić information content (AvgIpc) is 2.25. The molecule has 0 fully saturated rings. The second kappa shape index (κ2) is 6.23. The predicted octanol–water partition coefficient (Wildman–Crippen LogP) is 0.203. The Morgan fingerprint density at radius 1 is 1.43 bits per heavy atom. The largest absolute Gasteiger partial charge is 0.318 e. The lowest BCUT2D eigenvalue weighted by Gasteiger charge is -2.03. The van der Waals surface area contributed by atoms with Crippen LogP contribution in [0, 0.1) is 0 Å². The van der Waals surface area contributed by atoms with E-state index in [0.717, 1.165) is 31.5 Å². The van der Waals surface area contributed by atoms with Gasteiger partial charge in [-0.05, 0) is 18.7 Å². The van der Waals surface area contributed by atoms with Gasteiger partial charge < -0.3 is 10.6 Å². The summed E-state index contributed by atoms with van der Waals surface area (Å²) in [5.74, 6) is 0. The molecule has 0 unspecified atom stereocenters. The van der Waals surface area contributed by atoms with Gasteiger partial charge in [0.25, 0.3) is 0 Å². The van der Waals surface area contributed by atoms with Crippen LogP contribution >= 0.6 is 0 Å². The van der Waals surface area contributed by atoms with Crippen LogP contribution in [0.25, 0.3) is 0 Å². The summed E-state index contributed by atoms with van der Waals surface area (Å²) >= 11 is 0. The minimum atomic E-state index is 0.476. The first-order chi connectivity index (χ1) is 6.86.